The Balaban J connectivity index is 1.37. The highest BCUT2D eigenvalue weighted by molar-refractivity contribution is 7.92. The van der Waals surface area contributed by atoms with E-state index in [1.54, 1.807) is 17.9 Å². The molecule has 0 amide bonds. The quantitative estimate of drug-likeness (QED) is 0.274. The van der Waals surface area contributed by atoms with Crippen molar-refractivity contribution in [2.45, 2.75) is 24.5 Å². The molecule has 1 fully saturated rings. The maximum atomic E-state index is 14.3. The van der Waals surface area contributed by atoms with Gasteiger partial charge in [0.25, 0.3) is 10.0 Å². The molecule has 1 saturated heterocycles. The van der Waals surface area contributed by atoms with Crippen molar-refractivity contribution >= 4 is 26.6 Å². The van der Waals surface area contributed by atoms with Gasteiger partial charge in [0.2, 0.25) is 17.7 Å². The summed E-state index contributed by atoms with van der Waals surface area (Å²) in [5.41, 5.74) is 2.47. The van der Waals surface area contributed by atoms with Crippen LogP contribution < -0.4 is 9.46 Å². The fourth-order valence-corrected chi connectivity index (χ4v) is 6.09. The van der Waals surface area contributed by atoms with Crippen LogP contribution in [0.3, 0.4) is 0 Å². The van der Waals surface area contributed by atoms with Crippen LogP contribution in [0.2, 0.25) is 0 Å². The first-order valence-electron chi connectivity index (χ1n) is 13.3. The summed E-state index contributed by atoms with van der Waals surface area (Å²) in [4.78, 5) is 5.73. The largest absolute Gasteiger partial charge is 0.480 e. The molecular weight excluding hydrogens is 584 g/mol. The van der Waals surface area contributed by atoms with Crippen LogP contribution in [0.4, 0.5) is 14.5 Å². The van der Waals surface area contributed by atoms with Gasteiger partial charge in [0.15, 0.2) is 0 Å². The molecule has 0 unspecified atom stereocenters. The molecule has 1 atom stereocenters. The Kier molecular flexibility index (Phi) is 7.54. The smallest absolute Gasteiger partial charge is 0.264 e. The van der Waals surface area contributed by atoms with E-state index in [0.29, 0.717) is 47.7 Å². The molecular formula is C28H27F2N7O5S. The highest BCUT2D eigenvalue weighted by atomic mass is 32.2. The summed E-state index contributed by atoms with van der Waals surface area (Å²) >= 11 is 0. The second-order valence-electron chi connectivity index (χ2n) is 10.1. The fraction of sp³-hybridized carbons (Fsp3) is 0.286. The number of benzene rings is 2. The van der Waals surface area contributed by atoms with Crippen molar-refractivity contribution < 1.29 is 31.1 Å². The number of nitrogens with one attached hydrogen (secondary N) is 1. The summed E-state index contributed by atoms with van der Waals surface area (Å²) in [6, 6.07) is 7.38. The van der Waals surface area contributed by atoms with Gasteiger partial charge in [-0.3, -0.25) is 14.3 Å². The minimum absolute atomic E-state index is 0.0457. The molecule has 12 nitrogen and oxygen atoms in total. The molecule has 2 aromatic carbocycles. The number of methoxy groups -OCH3 is 1. The van der Waals surface area contributed by atoms with Crippen LogP contribution in [0.25, 0.3) is 33.5 Å². The van der Waals surface area contributed by atoms with E-state index in [1.165, 1.54) is 19.4 Å². The average molecular weight is 612 g/mol. The molecule has 6 rings (SSSR count). The summed E-state index contributed by atoms with van der Waals surface area (Å²) in [6.07, 6.45) is 3.32. The topological polar surface area (TPSA) is 138 Å². The Morgan fingerprint density at radius 2 is 1.95 bits per heavy atom. The van der Waals surface area contributed by atoms with E-state index in [0.717, 1.165) is 36.1 Å². The number of ether oxygens (including phenoxy) is 2. The average Bonchev–Trinajstić information content (AvgIpc) is 3.58. The SMILES string of the molecule is COc1ncc(-c2cc(-c3nnc(CN4CCO[C@H](C)C4)o3)c3cnn(C)c3c2)cc1NS(=O)(=O)c1ccc(F)cc1F. The number of aryl methyl sites for hydroxylation is 1. The van der Waals surface area contributed by atoms with Crippen LogP contribution in [0.5, 0.6) is 5.88 Å². The van der Waals surface area contributed by atoms with E-state index in [9.17, 15) is 17.2 Å². The van der Waals surface area contributed by atoms with Crippen LogP contribution in [0, 0.1) is 11.6 Å². The summed E-state index contributed by atoms with van der Waals surface area (Å²) < 4.78 is 74.7. The number of morpholine rings is 1. The number of nitrogens with zero attached hydrogens (tertiary/aromatic N) is 6. The predicted molar refractivity (Wildman–Crippen MR) is 152 cm³/mol. The molecule has 43 heavy (non-hydrogen) atoms. The van der Waals surface area contributed by atoms with Crippen molar-refractivity contribution in [2.24, 2.45) is 7.05 Å². The molecule has 224 valence electrons. The molecule has 0 radical (unpaired) electrons. The monoisotopic (exact) mass is 611 g/mol. The van der Waals surface area contributed by atoms with E-state index >= 15 is 0 Å². The Bertz CT molecular complexity index is 1930. The number of fused-ring (bicyclic) bond motifs is 1. The van der Waals surface area contributed by atoms with Gasteiger partial charge in [-0.15, -0.1) is 10.2 Å². The first-order chi connectivity index (χ1) is 20.6. The molecule has 15 heteroatoms. The summed E-state index contributed by atoms with van der Waals surface area (Å²) in [6.45, 7) is 4.64. The third-order valence-electron chi connectivity index (χ3n) is 7.05. The van der Waals surface area contributed by atoms with Gasteiger partial charge >= 0.3 is 0 Å². The molecule has 5 aromatic rings. The number of anilines is 1. The third kappa shape index (κ3) is 5.78. The first-order valence-corrected chi connectivity index (χ1v) is 14.7. The number of pyridine rings is 1. The third-order valence-corrected chi connectivity index (χ3v) is 8.45. The van der Waals surface area contributed by atoms with Crippen molar-refractivity contribution in [3.63, 3.8) is 0 Å². The summed E-state index contributed by atoms with van der Waals surface area (Å²) in [7, 11) is -1.35. The van der Waals surface area contributed by atoms with E-state index < -0.39 is 26.6 Å². The van der Waals surface area contributed by atoms with Gasteiger partial charge in [0.1, 0.15) is 22.2 Å². The molecule has 0 spiro atoms. The van der Waals surface area contributed by atoms with Crippen molar-refractivity contribution in [3.8, 4) is 28.5 Å². The second-order valence-corrected chi connectivity index (χ2v) is 11.8. The highest BCUT2D eigenvalue weighted by Crippen LogP contribution is 2.36. The fourth-order valence-electron chi connectivity index (χ4n) is 4.98. The van der Waals surface area contributed by atoms with Crippen LogP contribution in [-0.2, 0) is 28.4 Å². The highest BCUT2D eigenvalue weighted by Gasteiger charge is 2.24. The Morgan fingerprint density at radius 3 is 2.72 bits per heavy atom. The number of halogens is 2. The van der Waals surface area contributed by atoms with E-state index in [1.807, 2.05) is 19.1 Å². The van der Waals surface area contributed by atoms with Gasteiger partial charge in [-0.25, -0.2) is 22.2 Å². The zero-order chi connectivity index (χ0) is 30.3. The molecule has 4 heterocycles. The lowest BCUT2D eigenvalue weighted by molar-refractivity contribution is -0.0235. The molecule has 3 aromatic heterocycles. The van der Waals surface area contributed by atoms with E-state index in [2.05, 4.69) is 29.9 Å². The number of rotatable bonds is 8. The molecule has 0 aliphatic carbocycles. The lowest BCUT2D eigenvalue weighted by atomic mass is 10.0. The van der Waals surface area contributed by atoms with Gasteiger partial charge in [0, 0.05) is 43.4 Å². The molecule has 1 N–H and O–H groups in total. The second kappa shape index (κ2) is 11.3. The van der Waals surface area contributed by atoms with Crippen molar-refractivity contribution in [3.05, 3.63) is 66.3 Å². The maximum absolute atomic E-state index is 14.3. The summed E-state index contributed by atoms with van der Waals surface area (Å²) in [5, 5.41) is 13.7. The standard InChI is InChI=1S/C28H27F2N7O5S/c1-16-14-37(6-7-41-16)15-26-33-34-27(42-26)20-8-17(10-24-21(20)13-32-36(24)2)18-9-23(28(40-3)31-12-18)35-43(38,39)25-5-4-19(29)11-22(25)30/h4-5,8-13,16,35H,6-7,14-15H2,1-3H3/t16-/m1/s1. The number of aromatic nitrogens is 5. The van der Waals surface area contributed by atoms with Gasteiger partial charge in [-0.1, -0.05) is 0 Å². The number of hydrogen-bond donors (Lipinski definition) is 1. The lowest BCUT2D eigenvalue weighted by Gasteiger charge is -2.29. The van der Waals surface area contributed by atoms with Crippen LogP contribution >= 0.6 is 0 Å². The zero-order valence-corrected chi connectivity index (χ0v) is 24.2. The van der Waals surface area contributed by atoms with Crippen LogP contribution in [-0.4, -0.2) is 71.2 Å². The van der Waals surface area contributed by atoms with Gasteiger partial charge in [0.05, 0.1) is 43.6 Å². The van der Waals surface area contributed by atoms with Crippen LogP contribution in [0.15, 0.2) is 58.1 Å². The molecule has 0 saturated carbocycles. The minimum atomic E-state index is -4.46. The van der Waals surface area contributed by atoms with Gasteiger partial charge in [-0.05, 0) is 42.8 Å². The van der Waals surface area contributed by atoms with Crippen molar-refractivity contribution in [1.82, 2.24) is 29.9 Å². The first kappa shape index (κ1) is 28.6. The lowest BCUT2D eigenvalue weighted by Crippen LogP contribution is -2.40. The number of hydrogen-bond acceptors (Lipinski definition) is 10. The maximum Gasteiger partial charge on any atom is 0.264 e. The Morgan fingerprint density at radius 1 is 1.12 bits per heavy atom. The van der Waals surface area contributed by atoms with E-state index in [-0.39, 0.29) is 17.7 Å². The van der Waals surface area contributed by atoms with Gasteiger partial charge in [-0.2, -0.15) is 5.10 Å². The molecule has 0 bridgehead atoms. The Labute approximate surface area is 245 Å². The zero-order valence-electron chi connectivity index (χ0n) is 23.4. The number of sulfonamides is 1. The van der Waals surface area contributed by atoms with Crippen molar-refractivity contribution in [2.75, 3.05) is 31.5 Å². The normalized spacial score (nSPS) is 16.1. The molecule has 1 aliphatic heterocycles. The van der Waals surface area contributed by atoms with E-state index in [4.69, 9.17) is 13.9 Å². The van der Waals surface area contributed by atoms with Crippen molar-refractivity contribution in [1.29, 1.82) is 0 Å². The summed E-state index contributed by atoms with van der Waals surface area (Å²) in [5.74, 6) is -1.42. The molecule has 1 aliphatic rings. The Hall–Kier alpha value is -4.47. The minimum Gasteiger partial charge on any atom is -0.480 e. The predicted octanol–water partition coefficient (Wildman–Crippen LogP) is 3.99. The van der Waals surface area contributed by atoms with Gasteiger partial charge < -0.3 is 13.9 Å². The van der Waals surface area contributed by atoms with Crippen LogP contribution in [0.1, 0.15) is 12.8 Å².